The van der Waals surface area contributed by atoms with Crippen LogP contribution in [0.3, 0.4) is 0 Å². The van der Waals surface area contributed by atoms with Crippen molar-refractivity contribution in [2.75, 3.05) is 6.61 Å². The summed E-state index contributed by atoms with van der Waals surface area (Å²) in [6, 6.07) is 10.3. The SMILES string of the molecule is OC1COc2cc(Br)ccc2C1c1ccc(C(F)(F)F)cc1. The Morgan fingerprint density at radius 1 is 1.09 bits per heavy atom. The van der Waals surface area contributed by atoms with Crippen molar-refractivity contribution in [3.63, 3.8) is 0 Å². The van der Waals surface area contributed by atoms with Gasteiger partial charge in [-0.05, 0) is 29.8 Å². The van der Waals surface area contributed by atoms with E-state index in [0.29, 0.717) is 11.3 Å². The summed E-state index contributed by atoms with van der Waals surface area (Å²) in [5.74, 6) is 0.226. The topological polar surface area (TPSA) is 29.5 Å². The van der Waals surface area contributed by atoms with Crippen molar-refractivity contribution in [2.45, 2.75) is 18.2 Å². The maximum Gasteiger partial charge on any atom is 0.416 e. The molecule has 0 aromatic heterocycles. The largest absolute Gasteiger partial charge is 0.491 e. The number of aliphatic hydroxyl groups excluding tert-OH is 1. The van der Waals surface area contributed by atoms with Gasteiger partial charge in [-0.1, -0.05) is 34.1 Å². The summed E-state index contributed by atoms with van der Waals surface area (Å²) in [6.07, 6.45) is -5.17. The second-order valence-electron chi connectivity index (χ2n) is 5.16. The van der Waals surface area contributed by atoms with Crippen molar-refractivity contribution in [3.8, 4) is 5.75 Å². The van der Waals surface area contributed by atoms with Gasteiger partial charge in [0.15, 0.2) is 0 Å². The fourth-order valence-corrected chi connectivity index (χ4v) is 2.99. The van der Waals surface area contributed by atoms with Crippen molar-refractivity contribution >= 4 is 15.9 Å². The van der Waals surface area contributed by atoms with Crippen LogP contribution in [0.1, 0.15) is 22.6 Å². The number of hydrogen-bond acceptors (Lipinski definition) is 2. The van der Waals surface area contributed by atoms with Crippen LogP contribution in [-0.4, -0.2) is 17.8 Å². The summed E-state index contributed by atoms with van der Waals surface area (Å²) < 4.78 is 44.3. The van der Waals surface area contributed by atoms with E-state index >= 15 is 0 Å². The maximum atomic E-state index is 12.6. The van der Waals surface area contributed by atoms with Gasteiger partial charge in [0.1, 0.15) is 12.4 Å². The molecule has 0 amide bonds. The first-order valence-electron chi connectivity index (χ1n) is 6.64. The zero-order valence-corrected chi connectivity index (χ0v) is 12.9. The van der Waals surface area contributed by atoms with E-state index in [9.17, 15) is 18.3 Å². The Labute approximate surface area is 133 Å². The third-order valence-electron chi connectivity index (χ3n) is 3.70. The second kappa shape index (κ2) is 5.59. The molecule has 116 valence electrons. The summed E-state index contributed by atoms with van der Waals surface area (Å²) in [5.41, 5.74) is 0.697. The van der Waals surface area contributed by atoms with Crippen molar-refractivity contribution in [1.82, 2.24) is 0 Å². The average molecular weight is 373 g/mol. The summed E-state index contributed by atoms with van der Waals surface area (Å²) in [5, 5.41) is 10.2. The van der Waals surface area contributed by atoms with Crippen LogP contribution < -0.4 is 4.74 Å². The first-order chi connectivity index (χ1) is 10.4. The third kappa shape index (κ3) is 2.85. The van der Waals surface area contributed by atoms with Gasteiger partial charge in [-0.25, -0.2) is 0 Å². The van der Waals surface area contributed by atoms with Crippen molar-refractivity contribution in [2.24, 2.45) is 0 Å². The first-order valence-corrected chi connectivity index (χ1v) is 7.43. The summed E-state index contributed by atoms with van der Waals surface area (Å²) in [6.45, 7) is 0.106. The molecule has 1 aliphatic heterocycles. The molecule has 6 heteroatoms. The highest BCUT2D eigenvalue weighted by Crippen LogP contribution is 2.40. The first kappa shape index (κ1) is 15.4. The van der Waals surface area contributed by atoms with Crippen LogP contribution in [0.5, 0.6) is 5.75 Å². The minimum Gasteiger partial charge on any atom is -0.491 e. The van der Waals surface area contributed by atoms with E-state index in [1.807, 2.05) is 12.1 Å². The highest BCUT2D eigenvalue weighted by atomic mass is 79.9. The van der Waals surface area contributed by atoms with Gasteiger partial charge in [0.25, 0.3) is 0 Å². The van der Waals surface area contributed by atoms with Gasteiger partial charge in [0, 0.05) is 16.0 Å². The molecule has 2 aromatic rings. The monoisotopic (exact) mass is 372 g/mol. The van der Waals surface area contributed by atoms with E-state index in [0.717, 1.165) is 22.2 Å². The molecule has 0 spiro atoms. The van der Waals surface area contributed by atoms with Crippen LogP contribution in [0.25, 0.3) is 0 Å². The zero-order valence-electron chi connectivity index (χ0n) is 11.3. The molecule has 0 fully saturated rings. The molecule has 2 nitrogen and oxygen atoms in total. The van der Waals surface area contributed by atoms with Crippen LogP contribution in [0.4, 0.5) is 13.2 Å². The molecule has 0 saturated heterocycles. The molecule has 1 N–H and O–H groups in total. The Hall–Kier alpha value is -1.53. The number of alkyl halides is 3. The van der Waals surface area contributed by atoms with Gasteiger partial charge >= 0.3 is 6.18 Å². The molecule has 22 heavy (non-hydrogen) atoms. The van der Waals surface area contributed by atoms with Crippen molar-refractivity contribution in [3.05, 3.63) is 63.6 Å². The normalized spacial score (nSPS) is 21.1. The minimum absolute atomic E-state index is 0.106. The number of ether oxygens (including phenoxy) is 1. The molecular formula is C16H12BrF3O2. The lowest BCUT2D eigenvalue weighted by atomic mass is 9.84. The Balaban J connectivity index is 2.01. The molecule has 0 saturated carbocycles. The van der Waals surface area contributed by atoms with E-state index in [-0.39, 0.29) is 6.61 Å². The molecule has 1 aliphatic rings. The van der Waals surface area contributed by atoms with Crippen LogP contribution in [0, 0.1) is 0 Å². The second-order valence-corrected chi connectivity index (χ2v) is 6.07. The van der Waals surface area contributed by atoms with E-state index in [1.54, 1.807) is 6.07 Å². The number of rotatable bonds is 1. The molecular weight excluding hydrogens is 361 g/mol. The third-order valence-corrected chi connectivity index (χ3v) is 4.20. The van der Waals surface area contributed by atoms with Crippen LogP contribution >= 0.6 is 15.9 Å². The van der Waals surface area contributed by atoms with E-state index in [2.05, 4.69) is 15.9 Å². The van der Waals surface area contributed by atoms with E-state index in [4.69, 9.17) is 4.74 Å². The highest BCUT2D eigenvalue weighted by molar-refractivity contribution is 9.10. The van der Waals surface area contributed by atoms with Gasteiger partial charge in [0.2, 0.25) is 0 Å². The van der Waals surface area contributed by atoms with Crippen LogP contribution in [0.2, 0.25) is 0 Å². The predicted molar refractivity (Wildman–Crippen MR) is 78.9 cm³/mol. The summed E-state index contributed by atoms with van der Waals surface area (Å²) >= 11 is 3.35. The Bertz CT molecular complexity index is 683. The van der Waals surface area contributed by atoms with Crippen LogP contribution in [0.15, 0.2) is 46.9 Å². The number of aliphatic hydroxyl groups is 1. The van der Waals surface area contributed by atoms with Crippen molar-refractivity contribution < 1.29 is 23.0 Å². The zero-order chi connectivity index (χ0) is 15.9. The molecule has 0 bridgehead atoms. The lowest BCUT2D eigenvalue weighted by molar-refractivity contribution is -0.137. The quantitative estimate of drug-likeness (QED) is 0.805. The number of halogens is 4. The van der Waals surface area contributed by atoms with Gasteiger partial charge in [-0.2, -0.15) is 13.2 Å². The lowest BCUT2D eigenvalue weighted by Gasteiger charge is -2.31. The molecule has 2 aromatic carbocycles. The number of benzene rings is 2. The number of hydrogen-bond donors (Lipinski definition) is 1. The predicted octanol–water partition coefficient (Wildman–Crippen LogP) is 4.35. The van der Waals surface area contributed by atoms with E-state index < -0.39 is 23.8 Å². The fraction of sp³-hybridized carbons (Fsp3) is 0.250. The van der Waals surface area contributed by atoms with Crippen LogP contribution in [-0.2, 0) is 6.18 Å². The smallest absolute Gasteiger partial charge is 0.416 e. The van der Waals surface area contributed by atoms with Gasteiger partial charge < -0.3 is 9.84 Å². The molecule has 0 aliphatic carbocycles. The summed E-state index contributed by atoms with van der Waals surface area (Å²) in [4.78, 5) is 0. The maximum absolute atomic E-state index is 12.6. The molecule has 0 radical (unpaired) electrons. The standard InChI is InChI=1S/C16H12BrF3O2/c17-11-5-6-12-14(7-11)22-8-13(21)15(12)9-1-3-10(4-2-9)16(18,19)20/h1-7,13,15,21H,8H2. The highest BCUT2D eigenvalue weighted by Gasteiger charge is 2.33. The van der Waals surface area contributed by atoms with Gasteiger partial charge in [-0.3, -0.25) is 0 Å². The Kier molecular flexibility index (Phi) is 3.91. The Morgan fingerprint density at radius 3 is 2.41 bits per heavy atom. The Morgan fingerprint density at radius 2 is 1.77 bits per heavy atom. The summed E-state index contributed by atoms with van der Waals surface area (Å²) in [7, 11) is 0. The molecule has 2 atom stereocenters. The fourth-order valence-electron chi connectivity index (χ4n) is 2.65. The lowest BCUT2D eigenvalue weighted by Crippen LogP contribution is -2.31. The van der Waals surface area contributed by atoms with Gasteiger partial charge in [-0.15, -0.1) is 0 Å². The molecule has 1 heterocycles. The molecule has 3 rings (SSSR count). The van der Waals surface area contributed by atoms with Gasteiger partial charge in [0.05, 0.1) is 11.7 Å². The minimum atomic E-state index is -4.37. The van der Waals surface area contributed by atoms with Crippen molar-refractivity contribution in [1.29, 1.82) is 0 Å². The number of fused-ring (bicyclic) bond motifs is 1. The molecule has 2 unspecified atom stereocenters. The van der Waals surface area contributed by atoms with E-state index in [1.165, 1.54) is 12.1 Å². The average Bonchev–Trinajstić information content (AvgIpc) is 2.47.